The Bertz CT molecular complexity index is 1360. The van der Waals surface area contributed by atoms with Crippen LogP contribution in [0.4, 0.5) is 4.79 Å². The van der Waals surface area contributed by atoms with Crippen molar-refractivity contribution in [2.45, 2.75) is 42.8 Å². The van der Waals surface area contributed by atoms with Crippen molar-refractivity contribution in [1.29, 1.82) is 0 Å². The van der Waals surface area contributed by atoms with Gasteiger partial charge in [0.25, 0.3) is 0 Å². The molecular formula is C29H31N3O6S. The van der Waals surface area contributed by atoms with Crippen LogP contribution in [0.2, 0.25) is 0 Å². The van der Waals surface area contributed by atoms with Crippen LogP contribution in [-0.4, -0.2) is 38.4 Å². The van der Waals surface area contributed by atoms with Gasteiger partial charge in [-0.3, -0.25) is 9.59 Å². The lowest BCUT2D eigenvalue weighted by atomic mass is 10.0. The first-order chi connectivity index (χ1) is 18.7. The number of nitrogens with two attached hydrogens (primary N) is 1. The van der Waals surface area contributed by atoms with E-state index in [-0.39, 0.29) is 30.8 Å². The van der Waals surface area contributed by atoms with Crippen molar-refractivity contribution in [2.75, 3.05) is 0 Å². The van der Waals surface area contributed by atoms with Crippen LogP contribution in [0.5, 0.6) is 0 Å². The number of nitrogens with one attached hydrogen (secondary N) is 2. The maximum atomic E-state index is 13.3. The predicted molar refractivity (Wildman–Crippen MR) is 147 cm³/mol. The molecule has 3 aromatic carbocycles. The molecule has 4 N–H and O–H groups in total. The molecule has 0 aromatic heterocycles. The molecule has 0 saturated heterocycles. The number of benzene rings is 3. The summed E-state index contributed by atoms with van der Waals surface area (Å²) >= 11 is 0. The second-order valence-corrected chi connectivity index (χ2v) is 10.6. The Hall–Kier alpha value is -4.44. The van der Waals surface area contributed by atoms with Crippen LogP contribution >= 0.6 is 0 Å². The van der Waals surface area contributed by atoms with Crippen molar-refractivity contribution >= 4 is 27.7 Å². The van der Waals surface area contributed by atoms with Gasteiger partial charge in [-0.05, 0) is 29.7 Å². The summed E-state index contributed by atoms with van der Waals surface area (Å²) in [6.07, 6.45) is 0.651. The quantitative estimate of drug-likeness (QED) is 0.298. The summed E-state index contributed by atoms with van der Waals surface area (Å²) in [5.74, 6) is -1.18. The minimum atomic E-state index is -3.79. The van der Waals surface area contributed by atoms with Crippen LogP contribution in [0, 0.1) is 0 Å². The van der Waals surface area contributed by atoms with Gasteiger partial charge in [-0.1, -0.05) is 84.9 Å². The van der Waals surface area contributed by atoms with Crippen LogP contribution in [0.3, 0.4) is 0 Å². The molecule has 3 amide bonds. The number of rotatable bonds is 13. The molecule has 0 bridgehead atoms. The van der Waals surface area contributed by atoms with Crippen LogP contribution < -0.4 is 16.4 Å². The van der Waals surface area contributed by atoms with Gasteiger partial charge in [0.1, 0.15) is 12.6 Å². The number of carbonyl (C=O) groups excluding carboxylic acids is 3. The zero-order valence-electron chi connectivity index (χ0n) is 21.2. The predicted octanol–water partition coefficient (Wildman–Crippen LogP) is 3.26. The Morgan fingerprint density at radius 2 is 1.38 bits per heavy atom. The number of primary amides is 1. The van der Waals surface area contributed by atoms with E-state index in [1.807, 2.05) is 48.5 Å². The molecule has 0 saturated carbocycles. The molecule has 204 valence electrons. The van der Waals surface area contributed by atoms with Gasteiger partial charge in [-0.25, -0.2) is 13.2 Å². The number of alkyl carbamates (subject to hydrolysis) is 1. The molecular weight excluding hydrogens is 518 g/mol. The van der Waals surface area contributed by atoms with Gasteiger partial charge in [-0.15, -0.1) is 0 Å². The molecule has 0 heterocycles. The Labute approximate surface area is 228 Å². The Morgan fingerprint density at radius 1 is 0.821 bits per heavy atom. The normalized spacial score (nSPS) is 12.8. The van der Waals surface area contributed by atoms with Crippen LogP contribution in [0.15, 0.2) is 107 Å². The van der Waals surface area contributed by atoms with E-state index in [0.29, 0.717) is 0 Å². The lowest BCUT2D eigenvalue weighted by Gasteiger charge is -2.22. The summed E-state index contributed by atoms with van der Waals surface area (Å²) < 4.78 is 30.7. The highest BCUT2D eigenvalue weighted by molar-refractivity contribution is 7.94. The third-order valence-electron chi connectivity index (χ3n) is 5.70. The zero-order valence-corrected chi connectivity index (χ0v) is 22.0. The van der Waals surface area contributed by atoms with E-state index in [2.05, 4.69) is 10.6 Å². The standard InChI is InChI=1S/C29H31N3O6S/c30-27(33)17-16-24(18-19-39(36,37)25-14-8-3-9-15-25)31-28(34)26(20-22-10-4-1-5-11-22)32-29(35)38-21-23-12-6-2-7-13-23/h1-15,18-19,24,26H,16-17,20-21H2,(H2,30,33)(H,31,34)(H,32,35)/b19-18+/t24?,26-/m0/s1. The molecule has 10 heteroatoms. The van der Waals surface area contributed by atoms with Crippen molar-refractivity contribution in [3.05, 3.63) is 114 Å². The second kappa shape index (κ2) is 14.5. The summed E-state index contributed by atoms with van der Waals surface area (Å²) in [6, 6.07) is 24.1. The first-order valence-corrected chi connectivity index (χ1v) is 13.9. The van der Waals surface area contributed by atoms with Crippen molar-refractivity contribution < 1.29 is 27.5 Å². The number of hydrogen-bond donors (Lipinski definition) is 3. The first kappa shape index (κ1) is 29.1. The topological polar surface area (TPSA) is 145 Å². The number of amides is 3. The fourth-order valence-electron chi connectivity index (χ4n) is 3.65. The zero-order chi connectivity index (χ0) is 28.1. The molecule has 2 atom stereocenters. The van der Waals surface area contributed by atoms with Gasteiger partial charge < -0.3 is 21.1 Å². The highest BCUT2D eigenvalue weighted by Crippen LogP contribution is 2.13. The summed E-state index contributed by atoms with van der Waals surface area (Å²) in [6.45, 7) is 0.0215. The van der Waals surface area contributed by atoms with Gasteiger partial charge in [0.2, 0.25) is 11.8 Å². The van der Waals surface area contributed by atoms with E-state index in [4.69, 9.17) is 10.5 Å². The maximum absolute atomic E-state index is 13.3. The molecule has 0 aliphatic rings. The number of carbonyl (C=O) groups is 3. The highest BCUT2D eigenvalue weighted by atomic mass is 32.2. The molecule has 0 aliphatic carbocycles. The fourth-order valence-corrected chi connectivity index (χ4v) is 4.74. The second-order valence-electron chi connectivity index (χ2n) is 8.76. The molecule has 0 radical (unpaired) electrons. The molecule has 0 aliphatic heterocycles. The van der Waals surface area contributed by atoms with Gasteiger partial charge in [0, 0.05) is 24.3 Å². The third-order valence-corrected chi connectivity index (χ3v) is 7.14. The van der Waals surface area contributed by atoms with Crippen LogP contribution in [0.25, 0.3) is 0 Å². The number of ether oxygens (including phenoxy) is 1. The molecule has 1 unspecified atom stereocenters. The lowest BCUT2D eigenvalue weighted by molar-refractivity contribution is -0.124. The Morgan fingerprint density at radius 3 is 1.97 bits per heavy atom. The smallest absolute Gasteiger partial charge is 0.408 e. The van der Waals surface area contributed by atoms with E-state index in [9.17, 15) is 22.8 Å². The maximum Gasteiger partial charge on any atom is 0.408 e. The molecule has 0 fully saturated rings. The minimum Gasteiger partial charge on any atom is -0.445 e. The van der Waals surface area contributed by atoms with Crippen molar-refractivity contribution in [3.63, 3.8) is 0 Å². The average Bonchev–Trinajstić information content (AvgIpc) is 2.94. The van der Waals surface area contributed by atoms with Gasteiger partial charge in [0.15, 0.2) is 9.84 Å². The molecule has 9 nitrogen and oxygen atoms in total. The van der Waals surface area contributed by atoms with Crippen molar-refractivity contribution in [2.24, 2.45) is 5.73 Å². The van der Waals surface area contributed by atoms with Gasteiger partial charge in [-0.2, -0.15) is 0 Å². The molecule has 39 heavy (non-hydrogen) atoms. The van der Waals surface area contributed by atoms with E-state index in [1.54, 1.807) is 30.3 Å². The SMILES string of the molecule is NC(=O)CCC(/C=C/S(=O)(=O)c1ccccc1)NC(=O)[C@H](Cc1ccccc1)NC(=O)OCc1ccccc1. The molecule has 0 spiro atoms. The lowest BCUT2D eigenvalue weighted by Crippen LogP contribution is -2.50. The van der Waals surface area contributed by atoms with Gasteiger partial charge in [0.05, 0.1) is 4.90 Å². The van der Waals surface area contributed by atoms with Crippen LogP contribution in [0.1, 0.15) is 24.0 Å². The average molecular weight is 550 g/mol. The van der Waals surface area contributed by atoms with Gasteiger partial charge >= 0.3 is 6.09 Å². The molecule has 3 aromatic rings. The van der Waals surface area contributed by atoms with E-state index >= 15 is 0 Å². The van der Waals surface area contributed by atoms with Crippen LogP contribution in [-0.2, 0) is 37.2 Å². The van der Waals surface area contributed by atoms with E-state index in [0.717, 1.165) is 16.5 Å². The van der Waals surface area contributed by atoms with E-state index < -0.39 is 39.8 Å². The summed E-state index contributed by atoms with van der Waals surface area (Å²) in [7, 11) is -3.79. The van der Waals surface area contributed by atoms with E-state index in [1.165, 1.54) is 18.2 Å². The minimum absolute atomic E-state index is 0.0215. The summed E-state index contributed by atoms with van der Waals surface area (Å²) in [5.41, 5.74) is 6.86. The Kier molecular flexibility index (Phi) is 10.8. The highest BCUT2D eigenvalue weighted by Gasteiger charge is 2.24. The Balaban J connectivity index is 1.75. The van der Waals surface area contributed by atoms with Crippen molar-refractivity contribution in [3.8, 4) is 0 Å². The van der Waals surface area contributed by atoms with Crippen molar-refractivity contribution in [1.82, 2.24) is 10.6 Å². The monoisotopic (exact) mass is 549 g/mol. The first-order valence-electron chi connectivity index (χ1n) is 12.3. The number of hydrogen-bond acceptors (Lipinski definition) is 6. The molecule has 3 rings (SSSR count). The largest absolute Gasteiger partial charge is 0.445 e. The summed E-state index contributed by atoms with van der Waals surface area (Å²) in [4.78, 5) is 37.4. The number of sulfone groups is 1. The fraction of sp³-hybridized carbons (Fsp3) is 0.207. The summed E-state index contributed by atoms with van der Waals surface area (Å²) in [5, 5.41) is 6.31. The third kappa shape index (κ3) is 10.1.